The number of ether oxygens (including phenoxy) is 1. The van der Waals surface area contributed by atoms with Gasteiger partial charge in [0, 0.05) is 15.4 Å². The van der Waals surface area contributed by atoms with Gasteiger partial charge in [-0.3, -0.25) is 0 Å². The van der Waals surface area contributed by atoms with Gasteiger partial charge in [0.25, 0.3) is 0 Å². The maximum atomic E-state index is 6.00. The lowest BCUT2D eigenvalue weighted by atomic mass is 10.1. The Morgan fingerprint density at radius 2 is 1.86 bits per heavy atom. The number of nitrogens with two attached hydrogens (primary N) is 1. The first-order valence-corrected chi connectivity index (χ1v) is 7.94. The number of nitrogen functional groups attached to an aromatic ring is 1. The van der Waals surface area contributed by atoms with Gasteiger partial charge in [-0.25, -0.2) is 4.98 Å². The summed E-state index contributed by atoms with van der Waals surface area (Å²) >= 11 is 6.89. The Labute approximate surface area is 139 Å². The highest BCUT2D eigenvalue weighted by Gasteiger charge is 2.07. The summed E-state index contributed by atoms with van der Waals surface area (Å²) in [6, 6.07) is 15.7. The van der Waals surface area contributed by atoms with Crippen molar-refractivity contribution in [2.24, 2.45) is 0 Å². The van der Waals surface area contributed by atoms with Gasteiger partial charge in [-0.05, 0) is 46.3 Å². The second-order valence-electron chi connectivity index (χ2n) is 4.59. The Bertz CT molecular complexity index is 805. The molecule has 3 rings (SSSR count). The number of halogens is 2. The maximum Gasteiger partial charge on any atom is 0.134 e. The van der Waals surface area contributed by atoms with Gasteiger partial charge < -0.3 is 10.5 Å². The van der Waals surface area contributed by atoms with Crippen LogP contribution in [-0.4, -0.2) is 4.98 Å². The van der Waals surface area contributed by atoms with Crippen LogP contribution < -0.4 is 10.5 Å². The minimum Gasteiger partial charge on any atom is -0.488 e. The van der Waals surface area contributed by atoms with Crippen molar-refractivity contribution >= 4 is 48.6 Å². The van der Waals surface area contributed by atoms with Crippen molar-refractivity contribution in [1.82, 2.24) is 4.98 Å². The Kier molecular flexibility index (Phi) is 4.12. The van der Waals surface area contributed by atoms with E-state index in [4.69, 9.17) is 10.5 Å². The second kappa shape index (κ2) is 6.03. The zero-order valence-corrected chi connectivity index (χ0v) is 14.2. The fourth-order valence-corrected chi connectivity index (χ4v) is 3.20. The van der Waals surface area contributed by atoms with Gasteiger partial charge in [0.2, 0.25) is 0 Å². The molecule has 0 saturated carbocycles. The molecule has 5 heteroatoms. The number of hydrogen-bond donors (Lipinski definition) is 1. The Hall–Kier alpha value is -1.59. The number of anilines is 1. The third-order valence-electron chi connectivity index (χ3n) is 3.11. The molecular formula is C16H12Br2N2O. The molecule has 1 heterocycles. The standard InChI is InChI=1S/C16H12Br2N2O/c17-12-5-6-15(13(18)8-12)21-9-11-7-10-3-1-2-4-14(10)20-16(11)19/h1-8H,9H2,(H2,19,20). The normalized spacial score (nSPS) is 10.8. The first-order valence-electron chi connectivity index (χ1n) is 6.35. The summed E-state index contributed by atoms with van der Waals surface area (Å²) in [4.78, 5) is 4.40. The molecule has 0 bridgehead atoms. The van der Waals surface area contributed by atoms with Gasteiger partial charge in [-0.15, -0.1) is 0 Å². The van der Waals surface area contributed by atoms with Gasteiger partial charge >= 0.3 is 0 Å². The van der Waals surface area contributed by atoms with Gasteiger partial charge in [0.05, 0.1) is 9.99 Å². The van der Waals surface area contributed by atoms with Crippen molar-refractivity contribution < 1.29 is 4.74 Å². The van der Waals surface area contributed by atoms with E-state index in [1.54, 1.807) is 0 Å². The minimum absolute atomic E-state index is 0.379. The number of fused-ring (bicyclic) bond motifs is 1. The SMILES string of the molecule is Nc1nc2ccccc2cc1COc1ccc(Br)cc1Br. The lowest BCUT2D eigenvalue weighted by molar-refractivity contribution is 0.304. The summed E-state index contributed by atoms with van der Waals surface area (Å²) in [5.74, 6) is 1.27. The van der Waals surface area contributed by atoms with Crippen LogP contribution in [0, 0.1) is 0 Å². The number of para-hydroxylation sites is 1. The molecule has 0 aliphatic heterocycles. The molecule has 1 aromatic heterocycles. The molecule has 0 atom stereocenters. The van der Waals surface area contributed by atoms with Crippen molar-refractivity contribution in [2.45, 2.75) is 6.61 Å². The van der Waals surface area contributed by atoms with E-state index in [9.17, 15) is 0 Å². The fraction of sp³-hybridized carbons (Fsp3) is 0.0625. The van der Waals surface area contributed by atoms with Gasteiger partial charge in [0.1, 0.15) is 18.2 Å². The average Bonchev–Trinajstić information content (AvgIpc) is 2.46. The Morgan fingerprint density at radius 1 is 1.05 bits per heavy atom. The molecule has 0 aliphatic carbocycles. The first kappa shape index (κ1) is 14.4. The van der Waals surface area contributed by atoms with Crippen LogP contribution >= 0.6 is 31.9 Å². The average molecular weight is 408 g/mol. The van der Waals surface area contributed by atoms with Crippen LogP contribution in [0.2, 0.25) is 0 Å². The molecule has 106 valence electrons. The van der Waals surface area contributed by atoms with Crippen LogP contribution in [0.25, 0.3) is 10.9 Å². The molecule has 0 aliphatic rings. The molecule has 0 radical (unpaired) electrons. The van der Waals surface area contributed by atoms with E-state index < -0.39 is 0 Å². The predicted octanol–water partition coefficient (Wildman–Crippen LogP) is 4.92. The summed E-state index contributed by atoms with van der Waals surface area (Å²) in [6.07, 6.45) is 0. The smallest absolute Gasteiger partial charge is 0.134 e. The summed E-state index contributed by atoms with van der Waals surface area (Å²) in [5.41, 5.74) is 7.77. The lowest BCUT2D eigenvalue weighted by Gasteiger charge is -2.11. The number of hydrogen-bond acceptors (Lipinski definition) is 3. The second-order valence-corrected chi connectivity index (χ2v) is 6.36. The largest absolute Gasteiger partial charge is 0.488 e. The van der Waals surface area contributed by atoms with Crippen LogP contribution in [0.5, 0.6) is 5.75 Å². The van der Waals surface area contributed by atoms with Crippen molar-refractivity contribution in [3.63, 3.8) is 0 Å². The summed E-state index contributed by atoms with van der Waals surface area (Å²) in [6.45, 7) is 0.379. The zero-order valence-electron chi connectivity index (χ0n) is 11.0. The summed E-state index contributed by atoms with van der Waals surface area (Å²) < 4.78 is 7.71. The summed E-state index contributed by atoms with van der Waals surface area (Å²) in [5, 5.41) is 1.06. The van der Waals surface area contributed by atoms with Crippen molar-refractivity contribution in [3.8, 4) is 5.75 Å². The summed E-state index contributed by atoms with van der Waals surface area (Å²) in [7, 11) is 0. The number of aromatic nitrogens is 1. The monoisotopic (exact) mass is 406 g/mol. The molecule has 0 saturated heterocycles. The minimum atomic E-state index is 0.379. The van der Waals surface area contributed by atoms with Crippen molar-refractivity contribution in [1.29, 1.82) is 0 Å². The first-order chi connectivity index (χ1) is 10.1. The molecule has 3 nitrogen and oxygen atoms in total. The van der Waals surface area contributed by atoms with Crippen LogP contribution in [-0.2, 0) is 6.61 Å². The fourth-order valence-electron chi connectivity index (χ4n) is 2.04. The topological polar surface area (TPSA) is 48.1 Å². The van der Waals surface area contributed by atoms with Crippen LogP contribution in [0.3, 0.4) is 0 Å². The van der Waals surface area contributed by atoms with Crippen LogP contribution in [0.4, 0.5) is 5.82 Å². The van der Waals surface area contributed by atoms with Gasteiger partial charge in [-0.1, -0.05) is 34.1 Å². The maximum absolute atomic E-state index is 6.00. The van der Waals surface area contributed by atoms with E-state index in [2.05, 4.69) is 36.8 Å². The number of benzene rings is 2. The molecule has 0 amide bonds. The third kappa shape index (κ3) is 3.19. The van der Waals surface area contributed by atoms with Crippen molar-refractivity contribution in [3.05, 3.63) is 63.0 Å². The number of nitrogens with zero attached hydrogens (tertiary/aromatic N) is 1. The van der Waals surface area contributed by atoms with E-state index in [1.165, 1.54) is 0 Å². The number of rotatable bonds is 3. The molecule has 0 spiro atoms. The van der Waals surface area contributed by atoms with E-state index in [0.29, 0.717) is 12.4 Å². The van der Waals surface area contributed by atoms with Gasteiger partial charge in [-0.2, -0.15) is 0 Å². The molecule has 21 heavy (non-hydrogen) atoms. The Balaban J connectivity index is 1.86. The van der Waals surface area contributed by atoms with Crippen molar-refractivity contribution in [2.75, 3.05) is 5.73 Å². The molecule has 0 unspecified atom stereocenters. The lowest BCUT2D eigenvalue weighted by Crippen LogP contribution is -2.03. The van der Waals surface area contributed by atoms with Gasteiger partial charge in [0.15, 0.2) is 0 Å². The highest BCUT2D eigenvalue weighted by molar-refractivity contribution is 9.11. The van der Waals surface area contributed by atoms with Crippen LogP contribution in [0.15, 0.2) is 57.5 Å². The molecule has 2 N–H and O–H groups in total. The van der Waals surface area contributed by atoms with E-state index in [0.717, 1.165) is 31.2 Å². The van der Waals surface area contributed by atoms with Crippen LogP contribution in [0.1, 0.15) is 5.56 Å². The highest BCUT2D eigenvalue weighted by Crippen LogP contribution is 2.29. The van der Waals surface area contributed by atoms with E-state index >= 15 is 0 Å². The highest BCUT2D eigenvalue weighted by atomic mass is 79.9. The quantitative estimate of drug-likeness (QED) is 0.670. The third-order valence-corrected chi connectivity index (χ3v) is 4.23. The van der Waals surface area contributed by atoms with E-state index in [-0.39, 0.29) is 0 Å². The Morgan fingerprint density at radius 3 is 2.67 bits per heavy atom. The predicted molar refractivity (Wildman–Crippen MR) is 92.3 cm³/mol. The van der Waals surface area contributed by atoms with E-state index in [1.807, 2.05) is 48.5 Å². The molecule has 2 aromatic carbocycles. The molecule has 0 fully saturated rings. The zero-order chi connectivity index (χ0) is 14.8. The number of pyridine rings is 1. The molecule has 3 aromatic rings. The molecular weight excluding hydrogens is 396 g/mol.